The average molecular weight is 302 g/mol. The van der Waals surface area contributed by atoms with Crippen LogP contribution in [0.25, 0.3) is 17.0 Å². The molecule has 0 atom stereocenters. The highest BCUT2D eigenvalue weighted by Gasteiger charge is 2.02. The predicted octanol–water partition coefficient (Wildman–Crippen LogP) is 4.50. The van der Waals surface area contributed by atoms with Crippen molar-refractivity contribution in [2.75, 3.05) is 5.32 Å². The minimum atomic E-state index is -0.150. The molecular formula is C20H18N2O. The minimum Gasteiger partial charge on any atom is -0.322 e. The van der Waals surface area contributed by atoms with Gasteiger partial charge in [-0.25, -0.2) is 0 Å². The van der Waals surface area contributed by atoms with Crippen LogP contribution in [0.4, 0.5) is 5.69 Å². The molecule has 0 radical (unpaired) electrons. The molecule has 0 aliphatic heterocycles. The molecule has 0 aliphatic rings. The summed E-state index contributed by atoms with van der Waals surface area (Å²) in [5.41, 5.74) is 4.89. The third-order valence-corrected chi connectivity index (χ3v) is 3.57. The fourth-order valence-electron chi connectivity index (χ4n) is 2.66. The van der Waals surface area contributed by atoms with Crippen LogP contribution in [0.2, 0.25) is 0 Å². The van der Waals surface area contributed by atoms with E-state index in [1.807, 2.05) is 56.3 Å². The molecule has 0 aliphatic carbocycles. The van der Waals surface area contributed by atoms with E-state index < -0.39 is 0 Å². The molecular weight excluding hydrogens is 284 g/mol. The number of pyridine rings is 1. The zero-order chi connectivity index (χ0) is 16.2. The summed E-state index contributed by atoms with van der Waals surface area (Å²) in [7, 11) is 0. The Morgan fingerprint density at radius 3 is 2.57 bits per heavy atom. The van der Waals surface area contributed by atoms with Crippen molar-refractivity contribution < 1.29 is 4.79 Å². The largest absolute Gasteiger partial charge is 0.322 e. The number of hydrogen-bond donors (Lipinski definition) is 1. The van der Waals surface area contributed by atoms with Gasteiger partial charge < -0.3 is 5.32 Å². The topological polar surface area (TPSA) is 42.0 Å². The second-order valence-electron chi connectivity index (χ2n) is 5.62. The Labute approximate surface area is 135 Å². The van der Waals surface area contributed by atoms with Crippen LogP contribution in [-0.4, -0.2) is 10.9 Å². The lowest BCUT2D eigenvalue weighted by Crippen LogP contribution is -2.08. The van der Waals surface area contributed by atoms with Crippen molar-refractivity contribution in [3.05, 3.63) is 77.5 Å². The van der Waals surface area contributed by atoms with Crippen LogP contribution in [0.5, 0.6) is 0 Å². The molecule has 0 bridgehead atoms. The zero-order valence-electron chi connectivity index (χ0n) is 13.2. The predicted molar refractivity (Wildman–Crippen MR) is 95.3 cm³/mol. The molecule has 3 nitrogen and oxygen atoms in total. The van der Waals surface area contributed by atoms with E-state index in [4.69, 9.17) is 0 Å². The maximum Gasteiger partial charge on any atom is 0.248 e. The van der Waals surface area contributed by atoms with Crippen LogP contribution < -0.4 is 5.32 Å². The number of amides is 1. The summed E-state index contributed by atoms with van der Waals surface area (Å²) < 4.78 is 0. The summed E-state index contributed by atoms with van der Waals surface area (Å²) in [6.07, 6.45) is 5.10. The summed E-state index contributed by atoms with van der Waals surface area (Å²) in [6, 6.07) is 15.8. The van der Waals surface area contributed by atoms with Crippen LogP contribution >= 0.6 is 0 Å². The zero-order valence-corrected chi connectivity index (χ0v) is 13.2. The summed E-state index contributed by atoms with van der Waals surface area (Å²) in [5.74, 6) is -0.150. The molecule has 0 saturated carbocycles. The molecule has 0 fully saturated rings. The van der Waals surface area contributed by atoms with Crippen LogP contribution in [0, 0.1) is 13.8 Å². The van der Waals surface area contributed by atoms with E-state index in [-0.39, 0.29) is 5.91 Å². The first-order chi connectivity index (χ1) is 11.1. The van der Waals surface area contributed by atoms with E-state index in [2.05, 4.69) is 16.4 Å². The number of anilines is 1. The van der Waals surface area contributed by atoms with Gasteiger partial charge in [-0.15, -0.1) is 0 Å². The number of nitrogens with zero attached hydrogens (tertiary/aromatic N) is 1. The van der Waals surface area contributed by atoms with Gasteiger partial charge in [0, 0.05) is 28.9 Å². The van der Waals surface area contributed by atoms with E-state index in [0.29, 0.717) is 0 Å². The van der Waals surface area contributed by atoms with Crippen LogP contribution in [0.1, 0.15) is 16.7 Å². The minimum absolute atomic E-state index is 0.150. The smallest absolute Gasteiger partial charge is 0.248 e. The maximum absolute atomic E-state index is 12.1. The molecule has 0 saturated heterocycles. The Morgan fingerprint density at radius 1 is 1.04 bits per heavy atom. The number of benzene rings is 2. The Bertz CT molecular complexity index is 872. The number of aryl methyl sites for hydroxylation is 2. The van der Waals surface area contributed by atoms with Gasteiger partial charge in [0.2, 0.25) is 5.91 Å². The van der Waals surface area contributed by atoms with Gasteiger partial charge >= 0.3 is 0 Å². The fraction of sp³-hybridized carbons (Fsp3) is 0.100. The normalized spacial score (nSPS) is 11.0. The Hall–Kier alpha value is -2.94. The van der Waals surface area contributed by atoms with E-state index in [1.54, 1.807) is 18.3 Å². The highest BCUT2D eigenvalue weighted by molar-refractivity contribution is 6.03. The van der Waals surface area contributed by atoms with Gasteiger partial charge in [0.25, 0.3) is 0 Å². The molecule has 23 heavy (non-hydrogen) atoms. The molecule has 114 valence electrons. The number of hydrogen-bond acceptors (Lipinski definition) is 2. The first-order valence-electron chi connectivity index (χ1n) is 7.53. The van der Waals surface area contributed by atoms with Crippen molar-refractivity contribution >= 4 is 28.6 Å². The first kappa shape index (κ1) is 15.0. The molecule has 1 N–H and O–H groups in total. The van der Waals surface area contributed by atoms with Crippen molar-refractivity contribution in [2.45, 2.75) is 13.8 Å². The fourth-order valence-corrected chi connectivity index (χ4v) is 2.66. The Balaban J connectivity index is 1.80. The van der Waals surface area contributed by atoms with Crippen molar-refractivity contribution in [3.63, 3.8) is 0 Å². The van der Waals surface area contributed by atoms with Gasteiger partial charge in [-0.05, 0) is 49.2 Å². The summed E-state index contributed by atoms with van der Waals surface area (Å²) in [5, 5.41) is 3.96. The highest BCUT2D eigenvalue weighted by Crippen LogP contribution is 2.17. The van der Waals surface area contributed by atoms with Crippen molar-refractivity contribution in [3.8, 4) is 0 Å². The molecule has 3 aromatic rings. The van der Waals surface area contributed by atoms with Crippen LogP contribution in [0.15, 0.2) is 60.8 Å². The number of aromatic nitrogens is 1. The van der Waals surface area contributed by atoms with Crippen LogP contribution in [0.3, 0.4) is 0 Å². The van der Waals surface area contributed by atoms with Crippen molar-refractivity contribution in [1.29, 1.82) is 0 Å². The maximum atomic E-state index is 12.1. The second-order valence-corrected chi connectivity index (χ2v) is 5.62. The number of rotatable bonds is 3. The molecule has 2 aromatic carbocycles. The lowest BCUT2D eigenvalue weighted by molar-refractivity contribution is -0.111. The molecule has 1 amide bonds. The standard InChI is InChI=1S/C20H18N2O/c1-14-11-15(2)13-18(12-14)22-19(23)9-8-17-6-3-5-16-7-4-10-21-20(16)17/h3-13H,1-2H3,(H,22,23)/b9-8+. The third-order valence-electron chi connectivity index (χ3n) is 3.57. The molecule has 3 heteroatoms. The van der Waals surface area contributed by atoms with Gasteiger partial charge in [0.1, 0.15) is 0 Å². The molecule has 1 aromatic heterocycles. The van der Waals surface area contributed by atoms with Gasteiger partial charge in [-0.1, -0.05) is 30.3 Å². The van der Waals surface area contributed by atoms with E-state index in [9.17, 15) is 4.79 Å². The van der Waals surface area contributed by atoms with Gasteiger partial charge in [0.15, 0.2) is 0 Å². The quantitative estimate of drug-likeness (QED) is 0.724. The van der Waals surface area contributed by atoms with Gasteiger partial charge in [-0.2, -0.15) is 0 Å². The molecule has 1 heterocycles. The highest BCUT2D eigenvalue weighted by atomic mass is 16.1. The Kier molecular flexibility index (Phi) is 4.20. The summed E-state index contributed by atoms with van der Waals surface area (Å²) in [6.45, 7) is 4.03. The monoisotopic (exact) mass is 302 g/mol. The van der Waals surface area contributed by atoms with E-state index in [1.165, 1.54) is 0 Å². The summed E-state index contributed by atoms with van der Waals surface area (Å²) >= 11 is 0. The molecule has 0 unspecified atom stereocenters. The van der Waals surface area contributed by atoms with Gasteiger partial charge in [-0.3, -0.25) is 9.78 Å². The number of fused-ring (bicyclic) bond motifs is 1. The number of nitrogens with one attached hydrogen (secondary N) is 1. The SMILES string of the molecule is Cc1cc(C)cc(NC(=O)/C=C/c2cccc3cccnc23)c1. The first-order valence-corrected chi connectivity index (χ1v) is 7.53. The van der Waals surface area contributed by atoms with E-state index >= 15 is 0 Å². The lowest BCUT2D eigenvalue weighted by atomic mass is 10.1. The third kappa shape index (κ3) is 3.64. The van der Waals surface area contributed by atoms with Crippen LogP contribution in [-0.2, 0) is 4.79 Å². The Morgan fingerprint density at radius 2 is 1.78 bits per heavy atom. The number of para-hydroxylation sites is 1. The van der Waals surface area contributed by atoms with Gasteiger partial charge in [0.05, 0.1) is 5.52 Å². The molecule has 3 rings (SSSR count). The second kappa shape index (κ2) is 6.44. The van der Waals surface area contributed by atoms with E-state index in [0.717, 1.165) is 33.3 Å². The lowest BCUT2D eigenvalue weighted by Gasteiger charge is -2.05. The molecule has 0 spiro atoms. The van der Waals surface area contributed by atoms with Crippen molar-refractivity contribution in [2.24, 2.45) is 0 Å². The number of carbonyl (C=O) groups excluding carboxylic acids is 1. The summed E-state index contributed by atoms with van der Waals surface area (Å²) in [4.78, 5) is 16.5. The number of carbonyl (C=O) groups is 1. The van der Waals surface area contributed by atoms with Crippen molar-refractivity contribution in [1.82, 2.24) is 4.98 Å². The average Bonchev–Trinajstić information content (AvgIpc) is 2.52.